The Morgan fingerprint density at radius 3 is 2.11 bits per heavy atom. The number of carbonyl (C=O) groups excluding carboxylic acids is 2. The number of aromatic hydroxyl groups is 1. The third-order valence-electron chi connectivity index (χ3n) is 3.51. The van der Waals surface area contributed by atoms with E-state index in [1.165, 1.54) is 37.5 Å². The van der Waals surface area contributed by atoms with Gasteiger partial charge in [-0.05, 0) is 47.5 Å². The molecule has 0 amide bonds. The van der Waals surface area contributed by atoms with Gasteiger partial charge in [-0.1, -0.05) is 24.3 Å². The van der Waals surface area contributed by atoms with E-state index in [0.29, 0.717) is 5.56 Å². The molecule has 2 rings (SSSR count). The molecule has 0 bridgehead atoms. The highest BCUT2D eigenvalue weighted by Gasteiger charge is 2.06. The maximum atomic E-state index is 12.4. The van der Waals surface area contributed by atoms with Gasteiger partial charge in [0.25, 0.3) is 0 Å². The minimum Gasteiger partial charge on any atom is -0.504 e. The van der Waals surface area contributed by atoms with Gasteiger partial charge < -0.3 is 19.3 Å². The third-order valence-corrected chi connectivity index (χ3v) is 3.51. The van der Waals surface area contributed by atoms with Crippen molar-refractivity contribution in [1.82, 2.24) is 0 Å². The summed E-state index contributed by atoms with van der Waals surface area (Å²) in [6, 6.07) is 6.48. The predicted molar refractivity (Wildman–Crippen MR) is 107 cm³/mol. The zero-order valence-corrected chi connectivity index (χ0v) is 14.8. The standard InChI is InChI=1S/C22H22O6/c1-26-20-11-7-16(13-22(20)28-3)5-9-18(24)14-17(23)8-4-15-6-10-19(25)21(12-15)27-2/h4-13,25H,14H2,1-3H3/b8-4+,9-5+/i1D3,3D3,8D,9D. The lowest BCUT2D eigenvalue weighted by atomic mass is 10.1. The lowest BCUT2D eigenvalue weighted by Gasteiger charge is -2.07. The first-order chi connectivity index (χ1) is 16.6. The van der Waals surface area contributed by atoms with Gasteiger partial charge in [0.2, 0.25) is 0 Å². The molecule has 6 nitrogen and oxygen atoms in total. The first kappa shape index (κ1) is 12.0. The summed E-state index contributed by atoms with van der Waals surface area (Å²) in [5, 5.41) is 9.62. The van der Waals surface area contributed by atoms with Gasteiger partial charge in [0.05, 0.1) is 38.6 Å². The molecule has 146 valence electrons. The molecule has 0 fully saturated rings. The van der Waals surface area contributed by atoms with Crippen LogP contribution in [-0.4, -0.2) is 37.9 Å². The number of carbonyl (C=O) groups is 2. The van der Waals surface area contributed by atoms with Crippen LogP contribution in [0.15, 0.2) is 48.5 Å². The monoisotopic (exact) mass is 390 g/mol. The fourth-order valence-corrected chi connectivity index (χ4v) is 2.14. The molecule has 28 heavy (non-hydrogen) atoms. The molecule has 2 aromatic rings. The number of phenols is 1. The molecule has 1 N–H and O–H groups in total. The van der Waals surface area contributed by atoms with Gasteiger partial charge in [0.1, 0.15) is 0 Å². The summed E-state index contributed by atoms with van der Waals surface area (Å²) >= 11 is 0. The second kappa shape index (κ2) is 9.97. The van der Waals surface area contributed by atoms with E-state index in [1.807, 2.05) is 0 Å². The number of rotatable bonds is 9. The summed E-state index contributed by atoms with van der Waals surface area (Å²) in [5.74, 6) is -2.60. The Balaban J connectivity index is 2.21. The molecule has 0 aromatic heterocycles. The van der Waals surface area contributed by atoms with Gasteiger partial charge in [-0.15, -0.1) is 0 Å². The van der Waals surface area contributed by atoms with E-state index in [4.69, 9.17) is 25.2 Å². The van der Waals surface area contributed by atoms with E-state index < -0.39 is 49.9 Å². The Morgan fingerprint density at radius 1 is 0.929 bits per heavy atom. The second-order valence-electron chi connectivity index (χ2n) is 5.44. The number of hydrogen-bond donors (Lipinski definition) is 1. The van der Waals surface area contributed by atoms with Crippen molar-refractivity contribution in [3.05, 3.63) is 59.6 Å². The highest BCUT2D eigenvalue weighted by Crippen LogP contribution is 2.28. The smallest absolute Gasteiger partial charge is 0.163 e. The largest absolute Gasteiger partial charge is 0.504 e. The van der Waals surface area contributed by atoms with E-state index in [2.05, 4.69) is 0 Å². The van der Waals surface area contributed by atoms with Crippen molar-refractivity contribution in [2.75, 3.05) is 21.2 Å². The van der Waals surface area contributed by atoms with Gasteiger partial charge in [-0.2, -0.15) is 0 Å². The molecule has 0 atom stereocenters. The van der Waals surface area contributed by atoms with Crippen molar-refractivity contribution < 1.29 is 39.9 Å². The molecule has 0 radical (unpaired) electrons. The molecular weight excluding hydrogens is 360 g/mol. The lowest BCUT2D eigenvalue weighted by Crippen LogP contribution is -2.01. The van der Waals surface area contributed by atoms with Crippen molar-refractivity contribution in [3.8, 4) is 23.0 Å². The Hall–Kier alpha value is -3.54. The molecule has 2 aromatic carbocycles. The number of methoxy groups -OCH3 is 3. The Bertz CT molecular complexity index is 1200. The fourth-order valence-electron chi connectivity index (χ4n) is 2.14. The quantitative estimate of drug-likeness (QED) is 0.520. The van der Waals surface area contributed by atoms with Crippen molar-refractivity contribution >= 4 is 23.7 Å². The van der Waals surface area contributed by atoms with Crippen molar-refractivity contribution in [2.45, 2.75) is 6.42 Å². The van der Waals surface area contributed by atoms with Gasteiger partial charge in [0, 0.05) is 0 Å². The zero-order valence-electron chi connectivity index (χ0n) is 22.8. The Kier molecular flexibility index (Phi) is 4.28. The number of hydrogen-bond acceptors (Lipinski definition) is 6. The van der Waals surface area contributed by atoms with E-state index >= 15 is 0 Å². The highest BCUT2D eigenvalue weighted by molar-refractivity contribution is 6.10. The average molecular weight is 390 g/mol. The summed E-state index contributed by atoms with van der Waals surface area (Å²) < 4.78 is 73.6. The SMILES string of the molecule is [2H]/C(=C\c1ccc(O)c(OC)c1)C(=O)CC(=O)/C([2H])=C/c1ccc(OC([2H])([2H])[2H])c(OC([2H])([2H])[2H])c1. The van der Waals surface area contributed by atoms with Crippen molar-refractivity contribution in [2.24, 2.45) is 0 Å². The molecular formula is C22H22O6. The van der Waals surface area contributed by atoms with Gasteiger partial charge in [-0.3, -0.25) is 9.59 Å². The molecule has 0 aliphatic rings. The fraction of sp³-hybridized carbons (Fsp3) is 0.182. The summed E-state index contributed by atoms with van der Waals surface area (Å²) in [5.41, 5.74) is 0.481. The molecule has 6 heteroatoms. The van der Waals surface area contributed by atoms with E-state index in [9.17, 15) is 14.7 Å². The minimum atomic E-state index is -2.93. The van der Waals surface area contributed by atoms with Gasteiger partial charge >= 0.3 is 0 Å². The Morgan fingerprint density at radius 2 is 1.50 bits per heavy atom. The lowest BCUT2D eigenvalue weighted by molar-refractivity contribution is -0.121. The summed E-state index contributed by atoms with van der Waals surface area (Å²) in [6.07, 6.45) is 1.42. The summed E-state index contributed by atoms with van der Waals surface area (Å²) in [4.78, 5) is 24.7. The van der Waals surface area contributed by atoms with Crippen LogP contribution >= 0.6 is 0 Å². The number of ether oxygens (including phenoxy) is 3. The van der Waals surface area contributed by atoms with Gasteiger partial charge in [0.15, 0.2) is 34.6 Å². The maximum Gasteiger partial charge on any atom is 0.163 e. The molecule has 0 unspecified atom stereocenters. The van der Waals surface area contributed by atoms with Crippen LogP contribution < -0.4 is 14.2 Å². The molecule has 0 aliphatic carbocycles. The van der Waals surface area contributed by atoms with Crippen LogP contribution in [-0.2, 0) is 9.59 Å². The zero-order chi connectivity index (χ0) is 27.3. The van der Waals surface area contributed by atoms with Crippen LogP contribution in [0, 0.1) is 0 Å². The number of benzene rings is 2. The van der Waals surface area contributed by atoms with Crippen molar-refractivity contribution in [1.29, 1.82) is 0 Å². The third kappa shape index (κ3) is 5.74. The van der Waals surface area contributed by atoms with E-state index in [0.717, 1.165) is 18.2 Å². The maximum absolute atomic E-state index is 12.4. The first-order valence-corrected chi connectivity index (χ1v) is 7.90. The molecule has 0 aliphatic heterocycles. The van der Waals surface area contributed by atoms with Crippen molar-refractivity contribution in [3.63, 3.8) is 0 Å². The van der Waals surface area contributed by atoms with E-state index in [1.54, 1.807) is 0 Å². The van der Waals surface area contributed by atoms with E-state index in [-0.39, 0.29) is 22.8 Å². The molecule has 0 saturated heterocycles. The van der Waals surface area contributed by atoms with Crippen LogP contribution in [0.4, 0.5) is 0 Å². The molecule has 0 saturated carbocycles. The number of phenolic OH excluding ortho intramolecular Hbond substituents is 1. The van der Waals surface area contributed by atoms with Crippen LogP contribution in [0.5, 0.6) is 23.0 Å². The van der Waals surface area contributed by atoms with Crippen LogP contribution in [0.2, 0.25) is 0 Å². The first-order valence-electron chi connectivity index (χ1n) is 11.9. The minimum absolute atomic E-state index is 0.107. The van der Waals surface area contributed by atoms with Crippen LogP contribution in [0.3, 0.4) is 0 Å². The summed E-state index contributed by atoms with van der Waals surface area (Å²) in [7, 11) is -4.48. The molecule has 0 heterocycles. The summed E-state index contributed by atoms with van der Waals surface area (Å²) in [6.45, 7) is 0. The molecule has 0 spiro atoms. The number of ketones is 2. The Labute approximate surface area is 174 Å². The predicted octanol–water partition coefficient (Wildman–Crippen LogP) is 3.67. The second-order valence-corrected chi connectivity index (χ2v) is 5.44. The highest BCUT2D eigenvalue weighted by atomic mass is 16.5. The van der Waals surface area contributed by atoms with Crippen LogP contribution in [0.25, 0.3) is 12.2 Å². The topological polar surface area (TPSA) is 82.1 Å². The van der Waals surface area contributed by atoms with Crippen LogP contribution in [0.1, 0.15) is 28.5 Å². The van der Waals surface area contributed by atoms with Gasteiger partial charge in [-0.25, -0.2) is 0 Å². The number of allylic oxidation sites excluding steroid dienone is 2. The average Bonchev–Trinajstić information content (AvgIpc) is 2.74. The normalized spacial score (nSPS) is 16.8.